The summed E-state index contributed by atoms with van der Waals surface area (Å²) in [5.74, 6) is 0. The fourth-order valence-electron chi connectivity index (χ4n) is 3.67. The molecule has 0 saturated carbocycles. The fourth-order valence-corrected chi connectivity index (χ4v) is 3.67. The van der Waals surface area contributed by atoms with Gasteiger partial charge in [-0.05, 0) is 61.6 Å². The fraction of sp³-hybridized carbons (Fsp3) is 1.00. The molecule has 1 rings (SSSR count). The topological polar surface area (TPSA) is 9.72 Å². The van der Waals surface area contributed by atoms with Crippen molar-refractivity contribution >= 4 is 0 Å². The molecular formula is C25H53N3. The molecule has 28 heavy (non-hydrogen) atoms. The molecule has 0 unspecified atom stereocenters. The van der Waals surface area contributed by atoms with Crippen molar-refractivity contribution in [3.05, 3.63) is 0 Å². The predicted molar refractivity (Wildman–Crippen MR) is 126 cm³/mol. The molecule has 1 fully saturated rings. The second-order valence-electron chi connectivity index (χ2n) is 12.8. The van der Waals surface area contributed by atoms with E-state index in [0.29, 0.717) is 16.2 Å². The largest absolute Gasteiger partial charge is 0.301 e. The highest BCUT2D eigenvalue weighted by Crippen LogP contribution is 2.22. The zero-order valence-electron chi connectivity index (χ0n) is 21.0. The maximum Gasteiger partial charge on any atom is 0.0110 e. The molecule has 3 heteroatoms. The Kier molecular flexibility index (Phi) is 10.5. The highest BCUT2D eigenvalue weighted by Gasteiger charge is 2.20. The van der Waals surface area contributed by atoms with E-state index in [4.69, 9.17) is 0 Å². The van der Waals surface area contributed by atoms with Gasteiger partial charge in [-0.1, -0.05) is 62.3 Å². The lowest BCUT2D eigenvalue weighted by atomic mass is 9.90. The predicted octanol–water partition coefficient (Wildman–Crippen LogP) is 5.60. The van der Waals surface area contributed by atoms with Crippen molar-refractivity contribution in [3.63, 3.8) is 0 Å². The van der Waals surface area contributed by atoms with E-state index in [2.05, 4.69) is 77.0 Å². The Hall–Kier alpha value is -0.120. The van der Waals surface area contributed by atoms with Gasteiger partial charge in [0.1, 0.15) is 0 Å². The van der Waals surface area contributed by atoms with Crippen molar-refractivity contribution in [1.82, 2.24) is 14.7 Å². The molecule has 168 valence electrons. The Morgan fingerprint density at radius 2 is 0.714 bits per heavy atom. The zero-order chi connectivity index (χ0) is 21.4. The first-order chi connectivity index (χ1) is 12.7. The van der Waals surface area contributed by atoms with Crippen LogP contribution in [0.3, 0.4) is 0 Å². The van der Waals surface area contributed by atoms with E-state index in [0.717, 1.165) is 0 Å². The molecule has 0 aromatic heterocycles. The minimum absolute atomic E-state index is 0.427. The molecule has 0 aliphatic carbocycles. The average molecular weight is 396 g/mol. The summed E-state index contributed by atoms with van der Waals surface area (Å²) < 4.78 is 0. The van der Waals surface area contributed by atoms with Gasteiger partial charge < -0.3 is 14.7 Å². The Morgan fingerprint density at radius 1 is 0.429 bits per heavy atom. The van der Waals surface area contributed by atoms with Crippen LogP contribution in [0.25, 0.3) is 0 Å². The number of nitrogens with zero attached hydrogens (tertiary/aromatic N) is 3. The van der Waals surface area contributed by atoms with Gasteiger partial charge in [0.2, 0.25) is 0 Å². The highest BCUT2D eigenvalue weighted by atomic mass is 15.3. The van der Waals surface area contributed by atoms with Crippen molar-refractivity contribution in [3.8, 4) is 0 Å². The zero-order valence-corrected chi connectivity index (χ0v) is 21.0. The molecule has 0 atom stereocenters. The van der Waals surface area contributed by atoms with Crippen LogP contribution in [-0.2, 0) is 0 Å². The molecule has 3 nitrogen and oxygen atoms in total. The summed E-state index contributed by atoms with van der Waals surface area (Å²) in [7, 11) is 0. The first-order valence-electron chi connectivity index (χ1n) is 11.9. The summed E-state index contributed by atoms with van der Waals surface area (Å²) >= 11 is 0. The molecule has 1 aliphatic heterocycles. The third-order valence-corrected chi connectivity index (χ3v) is 5.95. The smallest absolute Gasteiger partial charge is 0.0110 e. The third-order valence-electron chi connectivity index (χ3n) is 5.95. The Morgan fingerprint density at radius 3 is 1.00 bits per heavy atom. The van der Waals surface area contributed by atoms with Gasteiger partial charge in [0.25, 0.3) is 0 Å². The van der Waals surface area contributed by atoms with Crippen LogP contribution in [0.1, 0.15) is 88.0 Å². The number of rotatable bonds is 7. The quantitative estimate of drug-likeness (QED) is 0.555. The third kappa shape index (κ3) is 14.0. The molecular weight excluding hydrogens is 342 g/mol. The van der Waals surface area contributed by atoms with Gasteiger partial charge in [-0.15, -0.1) is 0 Å². The first kappa shape index (κ1) is 25.9. The Balaban J connectivity index is 2.65. The highest BCUT2D eigenvalue weighted by molar-refractivity contribution is 4.75. The molecule has 0 radical (unpaired) electrons. The van der Waals surface area contributed by atoms with Gasteiger partial charge in [0.05, 0.1) is 0 Å². The first-order valence-corrected chi connectivity index (χ1v) is 11.9. The lowest BCUT2D eigenvalue weighted by Gasteiger charge is -2.29. The minimum Gasteiger partial charge on any atom is -0.301 e. The summed E-state index contributed by atoms with van der Waals surface area (Å²) in [6.45, 7) is 32.5. The van der Waals surface area contributed by atoms with Gasteiger partial charge in [-0.25, -0.2) is 0 Å². The van der Waals surface area contributed by atoms with Crippen LogP contribution in [0.5, 0.6) is 0 Å². The van der Waals surface area contributed by atoms with Crippen molar-refractivity contribution in [2.45, 2.75) is 88.0 Å². The number of hydrogen-bond acceptors (Lipinski definition) is 3. The lowest BCUT2D eigenvalue weighted by Crippen LogP contribution is -2.38. The summed E-state index contributed by atoms with van der Waals surface area (Å²) in [5, 5.41) is 0. The molecule has 0 aromatic rings. The molecule has 1 heterocycles. The lowest BCUT2D eigenvalue weighted by molar-refractivity contribution is 0.184. The van der Waals surface area contributed by atoms with Crippen molar-refractivity contribution in [2.75, 3.05) is 58.9 Å². The van der Waals surface area contributed by atoms with Crippen molar-refractivity contribution < 1.29 is 0 Å². The Bertz CT molecular complexity index is 381. The van der Waals surface area contributed by atoms with E-state index < -0.39 is 0 Å². The summed E-state index contributed by atoms with van der Waals surface area (Å²) in [6, 6.07) is 0. The van der Waals surface area contributed by atoms with Crippen LogP contribution in [0.2, 0.25) is 0 Å². The van der Waals surface area contributed by atoms with Crippen LogP contribution in [0.15, 0.2) is 0 Å². The normalized spacial score (nSPS) is 20.0. The van der Waals surface area contributed by atoms with Gasteiger partial charge in [0, 0.05) is 39.3 Å². The van der Waals surface area contributed by atoms with E-state index in [1.807, 2.05) is 0 Å². The Labute approximate surface area is 178 Å². The monoisotopic (exact) mass is 395 g/mol. The van der Waals surface area contributed by atoms with Crippen LogP contribution in [0, 0.1) is 16.2 Å². The number of hydrogen-bond donors (Lipinski definition) is 0. The van der Waals surface area contributed by atoms with Crippen molar-refractivity contribution in [1.29, 1.82) is 0 Å². The second kappa shape index (κ2) is 11.3. The average Bonchev–Trinajstić information content (AvgIpc) is 2.60. The molecule has 0 amide bonds. The van der Waals surface area contributed by atoms with Crippen molar-refractivity contribution in [2.24, 2.45) is 16.2 Å². The summed E-state index contributed by atoms with van der Waals surface area (Å²) in [5.41, 5.74) is 1.31. The van der Waals surface area contributed by atoms with Crippen LogP contribution in [0.4, 0.5) is 0 Å². The van der Waals surface area contributed by atoms with Crippen LogP contribution in [-0.4, -0.2) is 73.6 Å². The van der Waals surface area contributed by atoms with E-state index in [-0.39, 0.29) is 0 Å². The van der Waals surface area contributed by atoms with E-state index in [1.165, 1.54) is 84.6 Å². The second-order valence-corrected chi connectivity index (χ2v) is 12.8. The summed E-state index contributed by atoms with van der Waals surface area (Å²) in [6.07, 6.45) is 5.23. The summed E-state index contributed by atoms with van der Waals surface area (Å²) in [4.78, 5) is 8.21. The van der Waals surface area contributed by atoms with Gasteiger partial charge in [-0.2, -0.15) is 0 Å². The maximum absolute atomic E-state index is 2.74. The maximum atomic E-state index is 2.74. The molecule has 0 aromatic carbocycles. The van der Waals surface area contributed by atoms with Gasteiger partial charge in [-0.3, -0.25) is 0 Å². The van der Waals surface area contributed by atoms with E-state index in [1.54, 1.807) is 0 Å². The van der Waals surface area contributed by atoms with Crippen LogP contribution < -0.4 is 0 Å². The minimum atomic E-state index is 0.427. The molecule has 0 bridgehead atoms. The standard InChI is InChI=1S/C25H53N3/c1-23(2,3)11-10-14-26-17-19-27(15-12-24(4,5)6)21-22-28(20-18-26)16-13-25(7,8)9/h10-22H2,1-9H3. The molecule has 1 aliphatic rings. The molecule has 0 N–H and O–H groups in total. The van der Waals surface area contributed by atoms with Crippen LogP contribution >= 0.6 is 0 Å². The van der Waals surface area contributed by atoms with Gasteiger partial charge >= 0.3 is 0 Å². The van der Waals surface area contributed by atoms with E-state index in [9.17, 15) is 0 Å². The molecule has 1 saturated heterocycles. The van der Waals surface area contributed by atoms with Gasteiger partial charge in [0.15, 0.2) is 0 Å². The van der Waals surface area contributed by atoms with E-state index >= 15 is 0 Å². The molecule has 0 spiro atoms. The SMILES string of the molecule is CC(C)(C)CCCN1CCN(CCC(C)(C)C)CCN(CCC(C)(C)C)CC1.